The molecule has 62 heavy (non-hydrogen) atoms. The summed E-state index contributed by atoms with van der Waals surface area (Å²) in [6.45, 7) is 7.20. The number of ether oxygens (including phenoxy) is 4. The largest absolute Gasteiger partial charge is 0.456 e. The van der Waals surface area contributed by atoms with E-state index in [9.17, 15) is 14.4 Å². The van der Waals surface area contributed by atoms with Gasteiger partial charge in [-0.05, 0) is 97.7 Å². The fraction of sp³-hybridized carbons (Fsp3) is 0.404. The van der Waals surface area contributed by atoms with Gasteiger partial charge in [0.1, 0.15) is 18.3 Å². The van der Waals surface area contributed by atoms with Crippen molar-refractivity contribution < 1.29 is 38.4 Å². The molecule has 2 heterocycles. The molecule has 3 aliphatic carbocycles. The molecule has 2 aliphatic heterocycles. The lowest BCUT2D eigenvalue weighted by atomic mass is 9.52. The van der Waals surface area contributed by atoms with Gasteiger partial charge >= 0.3 is 5.97 Å². The van der Waals surface area contributed by atoms with Crippen molar-refractivity contribution in [1.29, 1.82) is 0 Å². The first-order valence-electron chi connectivity index (χ1n) is 22.1. The number of carbonyl (C=O) groups excluding carboxylic acids is 3. The Hall–Kier alpha value is -5.39. The number of allylic oxidation sites excluding steroid dienone is 1. The predicted octanol–water partition coefficient (Wildman–Crippen LogP) is 8.04. The van der Waals surface area contributed by atoms with Crippen LogP contribution in [0.3, 0.4) is 0 Å². The molecule has 10 nitrogen and oxygen atoms in total. The molecule has 10 heteroatoms. The number of aliphatic hydroxyl groups is 1. The molecular formula is C52H56N2O8. The molecule has 0 radical (unpaired) electrons. The number of hydrogen-bond acceptors (Lipinski definition) is 8. The lowest BCUT2D eigenvalue weighted by Crippen LogP contribution is -2.45. The van der Waals surface area contributed by atoms with Gasteiger partial charge in [-0.3, -0.25) is 9.59 Å². The molecule has 1 unspecified atom stereocenters. The van der Waals surface area contributed by atoms with E-state index in [2.05, 4.69) is 37.5 Å². The highest BCUT2D eigenvalue weighted by Gasteiger charge is 2.57. The first-order valence-corrected chi connectivity index (χ1v) is 22.1. The van der Waals surface area contributed by atoms with E-state index in [-0.39, 0.29) is 43.5 Å². The second-order valence-electron chi connectivity index (χ2n) is 18.5. The van der Waals surface area contributed by atoms with Gasteiger partial charge in [-0.25, -0.2) is 4.79 Å². The summed E-state index contributed by atoms with van der Waals surface area (Å²) in [7, 11) is 0. The Bertz CT molecular complexity index is 2320. The first kappa shape index (κ1) is 41.9. The molecule has 2 saturated carbocycles. The number of aliphatic hydroxyl groups excluding tert-OH is 1. The van der Waals surface area contributed by atoms with Crippen LogP contribution in [0.25, 0.3) is 6.08 Å². The predicted molar refractivity (Wildman–Crippen MR) is 235 cm³/mol. The molecule has 5 aliphatic rings. The smallest absolute Gasteiger partial charge is 0.338 e. The highest BCUT2D eigenvalue weighted by atomic mass is 16.8. The van der Waals surface area contributed by atoms with Crippen LogP contribution in [-0.2, 0) is 36.1 Å². The van der Waals surface area contributed by atoms with Gasteiger partial charge in [0.15, 0.2) is 0 Å². The van der Waals surface area contributed by atoms with E-state index in [0.29, 0.717) is 40.1 Å². The molecule has 2 saturated heterocycles. The molecule has 0 bridgehead atoms. The van der Waals surface area contributed by atoms with Crippen molar-refractivity contribution in [2.75, 3.05) is 13.2 Å². The van der Waals surface area contributed by atoms with Gasteiger partial charge < -0.3 is 34.7 Å². The molecule has 2 amide bonds. The van der Waals surface area contributed by atoms with E-state index in [0.717, 1.165) is 41.5 Å². The number of epoxide rings is 1. The lowest BCUT2D eigenvalue weighted by Gasteiger charge is -2.53. The van der Waals surface area contributed by atoms with Crippen LogP contribution in [0.4, 0.5) is 0 Å². The molecule has 0 spiro atoms. The zero-order valence-corrected chi connectivity index (χ0v) is 35.7. The van der Waals surface area contributed by atoms with Crippen molar-refractivity contribution in [2.24, 2.45) is 17.3 Å². The van der Waals surface area contributed by atoms with E-state index in [4.69, 9.17) is 24.1 Å². The van der Waals surface area contributed by atoms with Gasteiger partial charge in [-0.1, -0.05) is 110 Å². The average Bonchev–Trinajstić information content (AvgIpc) is 3.74. The van der Waals surface area contributed by atoms with Gasteiger partial charge in [-0.2, -0.15) is 0 Å². The van der Waals surface area contributed by atoms with Crippen molar-refractivity contribution in [3.05, 3.63) is 160 Å². The Morgan fingerprint density at radius 1 is 0.806 bits per heavy atom. The third kappa shape index (κ3) is 8.41. The van der Waals surface area contributed by atoms with Crippen LogP contribution in [-0.4, -0.2) is 66.1 Å². The number of esters is 1. The van der Waals surface area contributed by atoms with Crippen LogP contribution in [0.5, 0.6) is 0 Å². The molecule has 4 fully saturated rings. The Morgan fingerprint density at radius 3 is 2.23 bits per heavy atom. The van der Waals surface area contributed by atoms with Crippen molar-refractivity contribution in [1.82, 2.24) is 10.6 Å². The summed E-state index contributed by atoms with van der Waals surface area (Å²) in [5.74, 6) is -1.31. The third-order valence-electron chi connectivity index (χ3n) is 13.9. The molecule has 4 aromatic carbocycles. The van der Waals surface area contributed by atoms with Crippen molar-refractivity contribution >= 4 is 23.9 Å². The van der Waals surface area contributed by atoms with Crippen LogP contribution in [0.2, 0.25) is 0 Å². The topological polar surface area (TPSA) is 136 Å². The highest BCUT2D eigenvalue weighted by Crippen LogP contribution is 2.60. The van der Waals surface area contributed by atoms with Crippen molar-refractivity contribution in [3.8, 4) is 0 Å². The Morgan fingerprint density at radius 2 is 1.53 bits per heavy atom. The van der Waals surface area contributed by atoms with Crippen LogP contribution >= 0.6 is 0 Å². The van der Waals surface area contributed by atoms with Crippen LogP contribution in [0, 0.1) is 17.3 Å². The molecule has 3 N–H and O–H groups in total. The van der Waals surface area contributed by atoms with E-state index in [1.807, 2.05) is 91.0 Å². The summed E-state index contributed by atoms with van der Waals surface area (Å²) in [6, 6.07) is 33.9. The summed E-state index contributed by atoms with van der Waals surface area (Å²) < 4.78 is 26.3. The molecule has 7 atom stereocenters. The number of carbonyl (C=O) groups is 3. The normalized spacial score (nSPS) is 28.6. The average molecular weight is 837 g/mol. The first-order chi connectivity index (χ1) is 29.9. The van der Waals surface area contributed by atoms with Crippen LogP contribution in [0.15, 0.2) is 126 Å². The van der Waals surface area contributed by atoms with Gasteiger partial charge in [-0.15, -0.1) is 0 Å². The third-order valence-corrected chi connectivity index (χ3v) is 13.9. The Balaban J connectivity index is 0.955. The standard InChI is InChI=1S/C52H56N2O8/c1-50(2)31-41-36(21-22-45-51(3,61-45)24-23-42(41)50)27-33-17-19-35(20-18-33)49(58)59-43-29-38(48(57)54-32-34-11-10-12-37(28-34)47(56)53-25-26-55)30-44-46(43)62-52(60-44,39-13-6-4-7-14-39)40-15-8-5-9-16-40/h4-20,27-28,30,41-46,55H,21-26,29,31-32H2,1-3H3,(H,53,56)(H,54,57)/t41-,42-,43-,44-,45?,46+,51-/m1/s1. The second-order valence-corrected chi connectivity index (χ2v) is 18.5. The van der Waals surface area contributed by atoms with E-state index in [1.165, 1.54) is 18.4 Å². The van der Waals surface area contributed by atoms with E-state index >= 15 is 0 Å². The minimum atomic E-state index is -1.33. The summed E-state index contributed by atoms with van der Waals surface area (Å²) in [6.07, 6.45) is 7.75. The van der Waals surface area contributed by atoms with E-state index < -0.39 is 30.1 Å². The number of nitrogens with one attached hydrogen (secondary N) is 2. The zero-order chi connectivity index (χ0) is 43.1. The Kier molecular flexibility index (Phi) is 11.5. The van der Waals surface area contributed by atoms with Gasteiger partial charge in [0, 0.05) is 41.8 Å². The van der Waals surface area contributed by atoms with Crippen LogP contribution in [0.1, 0.15) is 102 Å². The summed E-state index contributed by atoms with van der Waals surface area (Å²) in [5, 5.41) is 14.8. The quantitative estimate of drug-likeness (QED) is 0.102. The fourth-order valence-electron chi connectivity index (χ4n) is 10.3. The minimum Gasteiger partial charge on any atom is -0.456 e. The zero-order valence-electron chi connectivity index (χ0n) is 35.7. The van der Waals surface area contributed by atoms with Gasteiger partial charge in [0.2, 0.25) is 11.7 Å². The monoisotopic (exact) mass is 836 g/mol. The molecule has 322 valence electrons. The SMILES string of the molecule is CC1(C)C[C@@H]2C(=Cc3ccc(C(=O)O[C@@H]4CC(C(=O)NCc5cccc(C(=O)NCCO)c5)=C[C@H]5OC(c6ccccc6)(c6ccccc6)O[C@H]54)cc3)CCC3O[C@]3(C)CC[C@H]21. The van der Waals surface area contributed by atoms with Crippen molar-refractivity contribution in [2.45, 2.75) is 102 Å². The summed E-state index contributed by atoms with van der Waals surface area (Å²) in [4.78, 5) is 40.6. The summed E-state index contributed by atoms with van der Waals surface area (Å²) >= 11 is 0. The Labute approximate surface area is 363 Å². The maximum Gasteiger partial charge on any atom is 0.338 e. The number of rotatable bonds is 11. The minimum absolute atomic E-state index is 0.0292. The fourth-order valence-corrected chi connectivity index (χ4v) is 10.3. The van der Waals surface area contributed by atoms with E-state index in [1.54, 1.807) is 24.3 Å². The van der Waals surface area contributed by atoms with Gasteiger partial charge in [0.05, 0.1) is 23.9 Å². The number of hydrogen-bond donors (Lipinski definition) is 3. The molecular weight excluding hydrogens is 781 g/mol. The molecule has 4 aromatic rings. The number of benzene rings is 4. The highest BCUT2D eigenvalue weighted by molar-refractivity contribution is 5.95. The lowest BCUT2D eigenvalue weighted by molar-refractivity contribution is -0.157. The maximum atomic E-state index is 14.1. The number of fused-ring (bicyclic) bond motifs is 3. The number of amides is 2. The molecule has 0 aromatic heterocycles. The van der Waals surface area contributed by atoms with Crippen LogP contribution < -0.4 is 10.6 Å². The maximum absolute atomic E-state index is 14.1. The second kappa shape index (κ2) is 17.1. The molecule has 9 rings (SSSR count). The summed E-state index contributed by atoms with van der Waals surface area (Å²) in [5.41, 5.74) is 6.36. The van der Waals surface area contributed by atoms with Crippen molar-refractivity contribution in [3.63, 3.8) is 0 Å². The van der Waals surface area contributed by atoms with Gasteiger partial charge in [0.25, 0.3) is 5.91 Å².